The lowest BCUT2D eigenvalue weighted by Crippen LogP contribution is -2.47. The molecular weight excluding hydrogens is 464 g/mol. The second-order valence-corrected chi connectivity index (χ2v) is 8.90. The van der Waals surface area contributed by atoms with Crippen molar-refractivity contribution in [2.45, 2.75) is 6.54 Å². The number of hydrogen-bond acceptors (Lipinski definition) is 7. The number of hydrogen-bond donors (Lipinski definition) is 1. The number of pyridine rings is 1. The van der Waals surface area contributed by atoms with E-state index in [4.69, 9.17) is 0 Å². The van der Waals surface area contributed by atoms with Crippen LogP contribution in [0.25, 0.3) is 16.7 Å². The van der Waals surface area contributed by atoms with Gasteiger partial charge in [0.2, 0.25) is 5.95 Å². The van der Waals surface area contributed by atoms with Gasteiger partial charge in [0, 0.05) is 74.4 Å². The Bertz CT molecular complexity index is 1510. The van der Waals surface area contributed by atoms with Crippen LogP contribution < -0.4 is 15.1 Å². The highest BCUT2D eigenvalue weighted by atomic mass is 16.1. The molecule has 0 aliphatic carbocycles. The molecule has 3 aromatic heterocycles. The highest BCUT2D eigenvalue weighted by molar-refractivity contribution is 5.97. The van der Waals surface area contributed by atoms with Crippen molar-refractivity contribution in [2.24, 2.45) is 0 Å². The standard InChI is InChI=1S/C28H26N8O/c37-27(32-19-21-4-2-9-29-18-21)22-7-8-26-25(16-22)33-20-36(26)24-6-1-5-23(17-24)34-12-14-35(15-13-34)28-30-10-3-11-31-28/h1-11,16-18,20H,12-15,19H2,(H,32,37). The molecule has 0 bridgehead atoms. The molecule has 1 aliphatic rings. The Hall–Kier alpha value is -4.79. The number of aromatic nitrogens is 5. The Morgan fingerprint density at radius 1 is 0.811 bits per heavy atom. The summed E-state index contributed by atoms with van der Waals surface area (Å²) in [4.78, 5) is 34.7. The van der Waals surface area contributed by atoms with Crippen LogP contribution in [-0.4, -0.2) is 56.6 Å². The number of amides is 1. The fourth-order valence-corrected chi connectivity index (χ4v) is 4.61. The second kappa shape index (κ2) is 10.1. The molecule has 9 nitrogen and oxygen atoms in total. The fraction of sp³-hybridized carbons (Fsp3) is 0.179. The van der Waals surface area contributed by atoms with Gasteiger partial charge in [-0.2, -0.15) is 0 Å². The average molecular weight is 491 g/mol. The van der Waals surface area contributed by atoms with Crippen molar-refractivity contribution in [2.75, 3.05) is 36.0 Å². The molecule has 0 atom stereocenters. The van der Waals surface area contributed by atoms with Crippen LogP contribution in [0.15, 0.2) is 91.8 Å². The first-order chi connectivity index (χ1) is 18.2. The number of nitrogens with one attached hydrogen (secondary N) is 1. The van der Waals surface area contributed by atoms with Gasteiger partial charge in [0.25, 0.3) is 5.91 Å². The van der Waals surface area contributed by atoms with Gasteiger partial charge in [-0.3, -0.25) is 14.3 Å². The van der Waals surface area contributed by atoms with Crippen molar-refractivity contribution < 1.29 is 4.79 Å². The summed E-state index contributed by atoms with van der Waals surface area (Å²) in [6.45, 7) is 3.95. The smallest absolute Gasteiger partial charge is 0.251 e. The van der Waals surface area contributed by atoms with E-state index in [1.54, 1.807) is 24.8 Å². The number of anilines is 2. The van der Waals surface area contributed by atoms with Crippen LogP contribution in [0.1, 0.15) is 15.9 Å². The Kier molecular flexibility index (Phi) is 6.16. The summed E-state index contributed by atoms with van der Waals surface area (Å²) in [5.74, 6) is 0.647. The Balaban J connectivity index is 1.16. The first kappa shape index (κ1) is 22.7. The van der Waals surface area contributed by atoms with Crippen LogP contribution in [0.4, 0.5) is 11.6 Å². The molecule has 0 unspecified atom stereocenters. The number of imidazole rings is 1. The molecule has 1 saturated heterocycles. The minimum Gasteiger partial charge on any atom is -0.368 e. The van der Waals surface area contributed by atoms with Crippen molar-refractivity contribution >= 4 is 28.6 Å². The zero-order valence-corrected chi connectivity index (χ0v) is 20.2. The monoisotopic (exact) mass is 490 g/mol. The van der Waals surface area contributed by atoms with Gasteiger partial charge < -0.3 is 15.1 Å². The van der Waals surface area contributed by atoms with Crippen LogP contribution in [-0.2, 0) is 6.54 Å². The normalized spacial score (nSPS) is 13.6. The van der Waals surface area contributed by atoms with E-state index in [-0.39, 0.29) is 5.91 Å². The van der Waals surface area contributed by atoms with E-state index in [0.717, 1.165) is 54.4 Å². The van der Waals surface area contributed by atoms with Crippen molar-refractivity contribution in [3.05, 3.63) is 103 Å². The van der Waals surface area contributed by atoms with E-state index in [1.165, 1.54) is 5.69 Å². The molecular formula is C28H26N8O. The zero-order chi connectivity index (χ0) is 25.0. The molecule has 0 saturated carbocycles. The van der Waals surface area contributed by atoms with Gasteiger partial charge in [0.1, 0.15) is 6.33 Å². The largest absolute Gasteiger partial charge is 0.368 e. The maximum Gasteiger partial charge on any atom is 0.251 e. The van der Waals surface area contributed by atoms with Crippen LogP contribution in [0.5, 0.6) is 0 Å². The number of rotatable bonds is 6. The quantitative estimate of drug-likeness (QED) is 0.390. The van der Waals surface area contributed by atoms with Crippen molar-refractivity contribution in [1.82, 2.24) is 29.8 Å². The fourth-order valence-electron chi connectivity index (χ4n) is 4.61. The van der Waals surface area contributed by atoms with Crippen LogP contribution in [0.2, 0.25) is 0 Å². The molecule has 1 amide bonds. The summed E-state index contributed by atoms with van der Waals surface area (Å²) in [7, 11) is 0. The summed E-state index contributed by atoms with van der Waals surface area (Å²) in [6, 6.07) is 19.7. The number of nitrogens with zero attached hydrogens (tertiary/aromatic N) is 7. The highest BCUT2D eigenvalue weighted by Crippen LogP contribution is 2.25. The number of piperazine rings is 1. The number of benzene rings is 2. The Morgan fingerprint density at radius 3 is 2.43 bits per heavy atom. The lowest BCUT2D eigenvalue weighted by molar-refractivity contribution is 0.0951. The third kappa shape index (κ3) is 4.84. The summed E-state index contributed by atoms with van der Waals surface area (Å²) in [5.41, 5.74) is 5.46. The third-order valence-corrected chi connectivity index (χ3v) is 6.57. The molecule has 5 aromatic rings. The molecule has 2 aromatic carbocycles. The SMILES string of the molecule is O=C(NCc1cccnc1)c1ccc2c(c1)ncn2-c1cccc(N2CCN(c3ncccn3)CC2)c1. The number of carbonyl (C=O) groups is 1. The van der Waals surface area contributed by atoms with Gasteiger partial charge in [-0.05, 0) is 54.1 Å². The Labute approximate surface area is 214 Å². The van der Waals surface area contributed by atoms with Gasteiger partial charge in [-0.15, -0.1) is 0 Å². The Morgan fingerprint density at radius 2 is 1.62 bits per heavy atom. The molecule has 37 heavy (non-hydrogen) atoms. The second-order valence-electron chi connectivity index (χ2n) is 8.90. The maximum atomic E-state index is 12.7. The average Bonchev–Trinajstić information content (AvgIpc) is 3.40. The molecule has 0 radical (unpaired) electrons. The van der Waals surface area contributed by atoms with Crippen molar-refractivity contribution in [1.29, 1.82) is 0 Å². The highest BCUT2D eigenvalue weighted by Gasteiger charge is 2.19. The van der Waals surface area contributed by atoms with Gasteiger partial charge in [0.05, 0.1) is 11.0 Å². The van der Waals surface area contributed by atoms with Crippen LogP contribution in [0, 0.1) is 0 Å². The van der Waals surface area contributed by atoms with E-state index in [2.05, 4.69) is 63.9 Å². The van der Waals surface area contributed by atoms with E-state index in [1.807, 2.05) is 42.7 Å². The molecule has 184 valence electrons. The van der Waals surface area contributed by atoms with Crippen LogP contribution >= 0.6 is 0 Å². The van der Waals surface area contributed by atoms with E-state index in [9.17, 15) is 4.79 Å². The topological polar surface area (TPSA) is 92.1 Å². The molecule has 4 heterocycles. The van der Waals surface area contributed by atoms with Gasteiger partial charge >= 0.3 is 0 Å². The van der Waals surface area contributed by atoms with E-state index < -0.39 is 0 Å². The van der Waals surface area contributed by atoms with Gasteiger partial charge in [-0.25, -0.2) is 15.0 Å². The molecule has 1 aliphatic heterocycles. The number of fused-ring (bicyclic) bond motifs is 1. The lowest BCUT2D eigenvalue weighted by atomic mass is 10.1. The first-order valence-corrected chi connectivity index (χ1v) is 12.3. The van der Waals surface area contributed by atoms with Crippen molar-refractivity contribution in [3.8, 4) is 5.69 Å². The molecule has 6 rings (SSSR count). The van der Waals surface area contributed by atoms with Crippen molar-refractivity contribution in [3.63, 3.8) is 0 Å². The summed E-state index contributed by atoms with van der Waals surface area (Å²) in [6.07, 6.45) is 8.84. The van der Waals surface area contributed by atoms with E-state index in [0.29, 0.717) is 12.1 Å². The predicted octanol–water partition coefficient (Wildman–Crippen LogP) is 3.47. The summed E-state index contributed by atoms with van der Waals surface area (Å²) < 4.78 is 2.06. The minimum atomic E-state index is -0.137. The lowest BCUT2D eigenvalue weighted by Gasteiger charge is -2.36. The maximum absolute atomic E-state index is 12.7. The zero-order valence-electron chi connectivity index (χ0n) is 20.2. The molecule has 9 heteroatoms. The van der Waals surface area contributed by atoms with Crippen LogP contribution in [0.3, 0.4) is 0 Å². The molecule has 0 spiro atoms. The summed E-state index contributed by atoms with van der Waals surface area (Å²) >= 11 is 0. The molecule has 1 N–H and O–H groups in total. The number of carbonyl (C=O) groups excluding carboxylic acids is 1. The summed E-state index contributed by atoms with van der Waals surface area (Å²) in [5, 5.41) is 2.95. The van der Waals surface area contributed by atoms with Gasteiger partial charge in [0.15, 0.2) is 0 Å². The predicted molar refractivity (Wildman–Crippen MR) is 143 cm³/mol. The minimum absolute atomic E-state index is 0.137. The van der Waals surface area contributed by atoms with Gasteiger partial charge in [-0.1, -0.05) is 12.1 Å². The third-order valence-electron chi connectivity index (χ3n) is 6.57. The first-order valence-electron chi connectivity index (χ1n) is 12.3. The van der Waals surface area contributed by atoms with E-state index >= 15 is 0 Å². The molecule has 1 fully saturated rings.